The highest BCUT2D eigenvalue weighted by atomic mass is 16.5. The molecule has 2 aliphatic rings. The maximum atomic E-state index is 13.8. The van der Waals surface area contributed by atoms with Crippen LogP contribution in [-0.4, -0.2) is 83.7 Å². The maximum absolute atomic E-state index is 13.8. The molecule has 1 unspecified atom stereocenters. The first kappa shape index (κ1) is 22.9. The first-order chi connectivity index (χ1) is 16.8. The van der Waals surface area contributed by atoms with Crippen LogP contribution < -0.4 is 5.56 Å². The molecule has 34 heavy (non-hydrogen) atoms. The Labute approximate surface area is 199 Å². The fourth-order valence-electron chi connectivity index (χ4n) is 4.52. The number of nitrogens with zero attached hydrogens (tertiary/aromatic N) is 5. The average molecular weight is 462 g/mol. The zero-order chi connectivity index (χ0) is 23.2. The van der Waals surface area contributed by atoms with Gasteiger partial charge in [-0.25, -0.2) is 9.67 Å². The van der Waals surface area contributed by atoms with E-state index in [4.69, 9.17) is 19.6 Å². The van der Waals surface area contributed by atoms with E-state index in [1.807, 2.05) is 48.5 Å². The standard InChI is InChI=1S/C26H31N5O3/c32-26-24(23(21-7-3-1-4-8-21)19-29-11-15-33-16-12-29)27-25(22-9-5-2-6-10-22)28-31(26)20-30-13-17-34-18-14-30/h1-10,23H,11-20H2. The second-order valence-corrected chi connectivity index (χ2v) is 8.74. The van der Waals surface area contributed by atoms with E-state index < -0.39 is 0 Å². The minimum Gasteiger partial charge on any atom is -0.379 e. The van der Waals surface area contributed by atoms with E-state index in [0.29, 0.717) is 51.2 Å². The average Bonchev–Trinajstić information content (AvgIpc) is 2.91. The van der Waals surface area contributed by atoms with Gasteiger partial charge in [0.1, 0.15) is 5.69 Å². The third kappa shape index (κ3) is 5.42. The van der Waals surface area contributed by atoms with Crippen LogP contribution in [0.25, 0.3) is 11.4 Å². The molecule has 5 rings (SSSR count). The minimum absolute atomic E-state index is 0.131. The molecule has 1 atom stereocenters. The SMILES string of the molecule is O=c1c(C(CN2CCOCC2)c2ccccc2)nc(-c2ccccc2)nn1CN1CCOCC1. The Morgan fingerprint density at radius 3 is 2.03 bits per heavy atom. The van der Waals surface area contributed by atoms with Gasteiger partial charge >= 0.3 is 0 Å². The molecule has 0 radical (unpaired) electrons. The van der Waals surface area contributed by atoms with Crippen molar-refractivity contribution in [3.8, 4) is 11.4 Å². The van der Waals surface area contributed by atoms with Crippen molar-refractivity contribution in [3.05, 3.63) is 82.3 Å². The van der Waals surface area contributed by atoms with Crippen molar-refractivity contribution in [2.45, 2.75) is 12.6 Å². The van der Waals surface area contributed by atoms with Gasteiger partial charge in [0, 0.05) is 44.2 Å². The van der Waals surface area contributed by atoms with E-state index in [9.17, 15) is 4.79 Å². The van der Waals surface area contributed by atoms with Gasteiger partial charge in [-0.1, -0.05) is 60.7 Å². The van der Waals surface area contributed by atoms with Gasteiger partial charge in [-0.05, 0) is 5.56 Å². The fraction of sp³-hybridized carbons (Fsp3) is 0.423. The summed E-state index contributed by atoms with van der Waals surface area (Å²) in [4.78, 5) is 23.3. The normalized spacial score (nSPS) is 18.6. The fourth-order valence-corrected chi connectivity index (χ4v) is 4.52. The summed E-state index contributed by atoms with van der Waals surface area (Å²) in [6.07, 6.45) is 0. The molecule has 1 aromatic heterocycles. The van der Waals surface area contributed by atoms with E-state index in [0.717, 1.165) is 37.3 Å². The van der Waals surface area contributed by atoms with Gasteiger partial charge in [-0.2, -0.15) is 0 Å². The van der Waals surface area contributed by atoms with Crippen molar-refractivity contribution in [1.82, 2.24) is 24.6 Å². The summed E-state index contributed by atoms with van der Waals surface area (Å²) in [6.45, 7) is 7.16. The number of hydrogen-bond acceptors (Lipinski definition) is 7. The van der Waals surface area contributed by atoms with Crippen LogP contribution in [-0.2, 0) is 16.1 Å². The van der Waals surface area contributed by atoms with Crippen LogP contribution in [0.2, 0.25) is 0 Å². The molecule has 0 bridgehead atoms. The molecule has 0 saturated carbocycles. The van der Waals surface area contributed by atoms with E-state index in [1.165, 1.54) is 0 Å². The van der Waals surface area contributed by atoms with Gasteiger partial charge in [0.2, 0.25) is 0 Å². The molecule has 2 saturated heterocycles. The summed E-state index contributed by atoms with van der Waals surface area (Å²) in [7, 11) is 0. The smallest absolute Gasteiger partial charge is 0.290 e. The largest absolute Gasteiger partial charge is 0.379 e. The van der Waals surface area contributed by atoms with Crippen molar-refractivity contribution in [2.75, 3.05) is 59.2 Å². The van der Waals surface area contributed by atoms with Gasteiger partial charge < -0.3 is 9.47 Å². The lowest BCUT2D eigenvalue weighted by Gasteiger charge is -2.31. The molecule has 2 fully saturated rings. The molecule has 2 aromatic carbocycles. The predicted octanol–water partition coefficient (Wildman–Crippen LogP) is 2.06. The Bertz CT molecular complexity index is 1110. The van der Waals surface area contributed by atoms with E-state index >= 15 is 0 Å². The Balaban J connectivity index is 1.58. The zero-order valence-electron chi connectivity index (χ0n) is 19.4. The first-order valence-electron chi connectivity index (χ1n) is 12.0. The molecule has 0 N–H and O–H groups in total. The Hall–Kier alpha value is -2.91. The second kappa shape index (κ2) is 11.0. The van der Waals surface area contributed by atoms with Gasteiger partial charge in [0.15, 0.2) is 5.82 Å². The number of benzene rings is 2. The van der Waals surface area contributed by atoms with Gasteiger partial charge in [-0.15, -0.1) is 5.10 Å². The van der Waals surface area contributed by atoms with Crippen molar-refractivity contribution in [2.24, 2.45) is 0 Å². The summed E-state index contributed by atoms with van der Waals surface area (Å²) < 4.78 is 12.6. The van der Waals surface area contributed by atoms with Crippen LogP contribution >= 0.6 is 0 Å². The van der Waals surface area contributed by atoms with Crippen LogP contribution in [0.4, 0.5) is 0 Å². The molecule has 3 aromatic rings. The van der Waals surface area contributed by atoms with Gasteiger partial charge in [0.25, 0.3) is 5.56 Å². The number of ether oxygens (including phenoxy) is 2. The summed E-state index contributed by atoms with van der Waals surface area (Å²) in [5, 5.41) is 4.70. The predicted molar refractivity (Wildman–Crippen MR) is 130 cm³/mol. The monoisotopic (exact) mass is 461 g/mol. The minimum atomic E-state index is -0.159. The highest BCUT2D eigenvalue weighted by Gasteiger charge is 2.26. The second-order valence-electron chi connectivity index (χ2n) is 8.74. The van der Waals surface area contributed by atoms with Crippen LogP contribution in [0, 0.1) is 0 Å². The molecule has 0 amide bonds. The molecule has 0 spiro atoms. The molecule has 178 valence electrons. The van der Waals surface area contributed by atoms with Gasteiger partial charge in [0.05, 0.1) is 33.1 Å². The third-order valence-electron chi connectivity index (χ3n) is 6.44. The van der Waals surface area contributed by atoms with E-state index in [1.54, 1.807) is 4.68 Å². The number of hydrogen-bond donors (Lipinski definition) is 0. The van der Waals surface area contributed by atoms with E-state index in [-0.39, 0.29) is 11.5 Å². The lowest BCUT2D eigenvalue weighted by Crippen LogP contribution is -2.43. The highest BCUT2D eigenvalue weighted by Crippen LogP contribution is 2.24. The van der Waals surface area contributed by atoms with Crippen LogP contribution in [0.5, 0.6) is 0 Å². The molecule has 8 nitrogen and oxygen atoms in total. The topological polar surface area (TPSA) is 72.7 Å². The molecule has 3 heterocycles. The highest BCUT2D eigenvalue weighted by molar-refractivity contribution is 5.54. The van der Waals surface area contributed by atoms with Crippen molar-refractivity contribution >= 4 is 0 Å². The summed E-state index contributed by atoms with van der Waals surface area (Å²) >= 11 is 0. The summed E-state index contributed by atoms with van der Waals surface area (Å²) in [5.74, 6) is 0.416. The molecule has 2 aliphatic heterocycles. The molecular weight excluding hydrogens is 430 g/mol. The van der Waals surface area contributed by atoms with Crippen molar-refractivity contribution in [1.29, 1.82) is 0 Å². The maximum Gasteiger partial charge on any atom is 0.290 e. The van der Waals surface area contributed by atoms with Crippen LogP contribution in [0.15, 0.2) is 65.5 Å². The lowest BCUT2D eigenvalue weighted by atomic mass is 9.94. The van der Waals surface area contributed by atoms with Crippen LogP contribution in [0.1, 0.15) is 17.2 Å². The Kier molecular flexibility index (Phi) is 7.40. The Morgan fingerprint density at radius 2 is 1.38 bits per heavy atom. The number of aromatic nitrogens is 3. The third-order valence-corrected chi connectivity index (χ3v) is 6.44. The summed E-state index contributed by atoms with van der Waals surface area (Å²) in [5.41, 5.74) is 2.40. The van der Waals surface area contributed by atoms with Gasteiger partial charge in [-0.3, -0.25) is 14.6 Å². The van der Waals surface area contributed by atoms with E-state index in [2.05, 4.69) is 21.9 Å². The molecular formula is C26H31N5O3. The molecule has 8 heteroatoms. The van der Waals surface area contributed by atoms with Crippen molar-refractivity contribution in [3.63, 3.8) is 0 Å². The lowest BCUT2D eigenvalue weighted by molar-refractivity contribution is 0.0202. The Morgan fingerprint density at radius 1 is 0.794 bits per heavy atom. The zero-order valence-corrected chi connectivity index (χ0v) is 19.4. The number of rotatable bonds is 7. The summed E-state index contributed by atoms with van der Waals surface area (Å²) in [6, 6.07) is 20.1. The number of morpholine rings is 2. The molecule has 0 aliphatic carbocycles. The quantitative estimate of drug-likeness (QED) is 0.533. The van der Waals surface area contributed by atoms with Crippen molar-refractivity contribution < 1.29 is 9.47 Å². The first-order valence-corrected chi connectivity index (χ1v) is 12.0. The van der Waals surface area contributed by atoms with Crippen LogP contribution in [0.3, 0.4) is 0 Å².